The molecule has 4 saturated heterocycles. The monoisotopic (exact) mass is 1010 g/mol. The summed E-state index contributed by atoms with van der Waals surface area (Å²) in [4.78, 5) is 84.5. The molecular weight excluding hydrogens is 949 g/mol. The van der Waals surface area contributed by atoms with E-state index in [0.29, 0.717) is 97.9 Å². The lowest BCUT2D eigenvalue weighted by molar-refractivity contribution is -0.134. The molecule has 24 heteroatoms. The van der Waals surface area contributed by atoms with Crippen LogP contribution in [0.5, 0.6) is 0 Å². The molecule has 5 fully saturated rings. The van der Waals surface area contributed by atoms with Crippen molar-refractivity contribution in [1.29, 1.82) is 0 Å². The number of nitrogens with two attached hydrogens (primary N) is 1. The molecule has 5 amide bonds. The van der Waals surface area contributed by atoms with Crippen molar-refractivity contribution in [1.82, 2.24) is 60.2 Å². The normalized spacial score (nSPS) is 19.4. The van der Waals surface area contributed by atoms with E-state index in [9.17, 15) is 19.2 Å². The lowest BCUT2D eigenvalue weighted by Gasteiger charge is -2.39. The molecule has 1 aromatic carbocycles. The van der Waals surface area contributed by atoms with Gasteiger partial charge in [0.2, 0.25) is 17.7 Å². The molecule has 1 atom stereocenters. The van der Waals surface area contributed by atoms with E-state index in [1.807, 2.05) is 42.7 Å². The highest BCUT2D eigenvalue weighted by Gasteiger charge is 2.37. The number of benzene rings is 1. The molecule has 73 heavy (non-hydrogen) atoms. The third-order valence-electron chi connectivity index (χ3n) is 14.3. The lowest BCUT2D eigenvalue weighted by atomic mass is 9.91. The van der Waals surface area contributed by atoms with Crippen molar-refractivity contribution in [3.8, 4) is 22.8 Å². The molecule has 0 bridgehead atoms. The van der Waals surface area contributed by atoms with Gasteiger partial charge >= 0.3 is 6.03 Å². The van der Waals surface area contributed by atoms with E-state index in [2.05, 4.69) is 36.0 Å². The summed E-state index contributed by atoms with van der Waals surface area (Å²) < 4.78 is 38.3. The van der Waals surface area contributed by atoms with Gasteiger partial charge in [0.05, 0.1) is 23.0 Å². The highest BCUT2D eigenvalue weighted by Crippen LogP contribution is 2.48. The van der Waals surface area contributed by atoms with Crippen LogP contribution in [-0.4, -0.2) is 156 Å². The van der Waals surface area contributed by atoms with E-state index in [4.69, 9.17) is 35.2 Å². The van der Waals surface area contributed by atoms with Crippen LogP contribution in [-0.2, 0) is 24.7 Å². The standard InChI is InChI=1S/C48H59F2N15O5.CH2O2/c1-48(2,3)65-45-38(43(51)55-26-56-45)39(59-65)40-37(42(70-60-40)29-4-5-29)44-52-22-30(23-53-44)28-10-14-64(15-11-28)47(69)54-24-36(67)62-12-8-27(9-13-62)25-61-16-18-63(19-17-61)41-32(49)20-31(21-33(41)50)57-34-6-7-35(66)58-46(34)68;2-1-3/h20-23,26-29,34,57H,4-19,24-25H2,1-3H3,(H,54,69)(H2,51,55,56)(H,58,66,68);1H,(H,2,3). The van der Waals surface area contributed by atoms with E-state index in [-0.39, 0.29) is 66.9 Å². The zero-order valence-corrected chi connectivity index (χ0v) is 41.2. The van der Waals surface area contributed by atoms with Gasteiger partial charge in [0.15, 0.2) is 28.9 Å². The number of piperazine rings is 1. The summed E-state index contributed by atoms with van der Waals surface area (Å²) in [6, 6.07) is 1.39. The Kier molecular flexibility index (Phi) is 14.8. The summed E-state index contributed by atoms with van der Waals surface area (Å²) in [6.07, 6.45) is 10.6. The molecular formula is C49H61F2N15O7. The highest BCUT2D eigenvalue weighted by molar-refractivity contribution is 6.02. The van der Waals surface area contributed by atoms with Crippen molar-refractivity contribution in [3.63, 3.8) is 0 Å². The number of carbonyl (C=O) groups excluding carboxylic acids is 4. The Hall–Kier alpha value is -7.37. The van der Waals surface area contributed by atoms with Crippen LogP contribution in [0.15, 0.2) is 35.4 Å². The Morgan fingerprint density at radius 3 is 2.16 bits per heavy atom. The minimum Gasteiger partial charge on any atom is -0.483 e. The second-order valence-electron chi connectivity index (χ2n) is 20.3. The number of nitrogens with one attached hydrogen (secondary N) is 3. The number of urea groups is 1. The average Bonchev–Trinajstić information content (AvgIpc) is 3.99. The number of rotatable bonds is 11. The number of carboxylic acid groups (broad SMARTS) is 1. The van der Waals surface area contributed by atoms with Gasteiger partial charge in [-0.25, -0.2) is 38.2 Å². The topological polar surface area (TPSA) is 276 Å². The van der Waals surface area contributed by atoms with E-state index >= 15 is 8.78 Å². The first-order valence-electron chi connectivity index (χ1n) is 24.9. The predicted molar refractivity (Wildman–Crippen MR) is 263 cm³/mol. The van der Waals surface area contributed by atoms with Crippen LogP contribution < -0.4 is 26.6 Å². The molecule has 22 nitrogen and oxygen atoms in total. The van der Waals surface area contributed by atoms with Crippen LogP contribution in [0.25, 0.3) is 33.8 Å². The number of halogens is 2. The molecule has 0 spiro atoms. The number of fused-ring (bicyclic) bond motifs is 1. The lowest BCUT2D eigenvalue weighted by Crippen LogP contribution is -2.51. The van der Waals surface area contributed by atoms with E-state index < -0.39 is 29.1 Å². The zero-order valence-electron chi connectivity index (χ0n) is 41.2. The first-order chi connectivity index (χ1) is 35.1. The van der Waals surface area contributed by atoms with Gasteiger partial charge in [0.25, 0.3) is 6.47 Å². The number of hydrogen-bond acceptors (Lipinski definition) is 16. The molecule has 1 saturated carbocycles. The van der Waals surface area contributed by atoms with Crippen molar-refractivity contribution in [2.45, 2.75) is 95.6 Å². The fourth-order valence-electron chi connectivity index (χ4n) is 10.2. The Morgan fingerprint density at radius 2 is 1.53 bits per heavy atom. The summed E-state index contributed by atoms with van der Waals surface area (Å²) in [7, 11) is 0. The number of amides is 5. The molecule has 4 aliphatic heterocycles. The summed E-state index contributed by atoms with van der Waals surface area (Å²) in [5.74, 6) is -0.152. The van der Waals surface area contributed by atoms with E-state index in [0.717, 1.165) is 56.4 Å². The number of likely N-dealkylation sites (tertiary alicyclic amines) is 2. The fourth-order valence-corrected chi connectivity index (χ4v) is 10.2. The quantitative estimate of drug-likeness (QED) is 0.0911. The zero-order chi connectivity index (χ0) is 51.6. The van der Waals surface area contributed by atoms with Crippen molar-refractivity contribution < 1.29 is 42.4 Å². The van der Waals surface area contributed by atoms with E-state index in [1.54, 1.807) is 9.80 Å². The molecule has 1 aliphatic carbocycles. The molecule has 388 valence electrons. The summed E-state index contributed by atoms with van der Waals surface area (Å²) >= 11 is 0. The van der Waals surface area contributed by atoms with Gasteiger partial charge in [0, 0.05) is 89.3 Å². The number of nitrogens with zero attached hydrogens (tertiary/aromatic N) is 11. The molecule has 5 aromatic rings. The van der Waals surface area contributed by atoms with Crippen molar-refractivity contribution in [2.24, 2.45) is 5.92 Å². The SMILES string of the molecule is CC(C)(C)n1nc(-c2noc(C3CC3)c2-c2ncc(C3CCN(C(=O)NCC(=O)N4CCC(CN5CCN(c6c(F)cc(NC7CCC(=O)NC7=O)cc6F)CC5)CC4)CC3)cn2)c2c(N)ncnc21.O=CO. The van der Waals surface area contributed by atoms with Crippen molar-refractivity contribution in [3.05, 3.63) is 53.8 Å². The molecule has 10 rings (SSSR count). The van der Waals surface area contributed by atoms with Crippen LogP contribution in [0.1, 0.15) is 95.3 Å². The Bertz CT molecular complexity index is 2820. The second kappa shape index (κ2) is 21.4. The molecule has 0 radical (unpaired) electrons. The first kappa shape index (κ1) is 50.6. The Labute approximate surface area is 419 Å². The maximum absolute atomic E-state index is 15.3. The Balaban J connectivity index is 0.00000214. The van der Waals surface area contributed by atoms with Crippen LogP contribution in [0.2, 0.25) is 0 Å². The van der Waals surface area contributed by atoms with Crippen LogP contribution >= 0.6 is 0 Å². The maximum Gasteiger partial charge on any atom is 0.317 e. The predicted octanol–water partition coefficient (Wildman–Crippen LogP) is 4.30. The van der Waals surface area contributed by atoms with Gasteiger partial charge < -0.3 is 40.7 Å². The smallest absolute Gasteiger partial charge is 0.317 e. The molecule has 8 heterocycles. The van der Waals surface area contributed by atoms with Crippen LogP contribution in [0, 0.1) is 17.6 Å². The third-order valence-corrected chi connectivity index (χ3v) is 14.3. The third kappa shape index (κ3) is 11.2. The van der Waals surface area contributed by atoms with Gasteiger partial charge in [-0.1, -0.05) is 5.16 Å². The summed E-state index contributed by atoms with van der Waals surface area (Å²) in [6.45, 7) is 11.1. The molecule has 4 aromatic heterocycles. The maximum atomic E-state index is 15.3. The van der Waals surface area contributed by atoms with Crippen molar-refractivity contribution >= 4 is 58.5 Å². The minimum absolute atomic E-state index is 0.0681. The summed E-state index contributed by atoms with van der Waals surface area (Å²) in [5.41, 5.74) is 9.36. The number of nitrogen functional groups attached to an aromatic ring is 1. The molecule has 1 unspecified atom stereocenters. The fraction of sp³-hybridized carbons (Fsp3) is 0.531. The number of carbonyl (C=O) groups is 5. The highest BCUT2D eigenvalue weighted by atomic mass is 19.1. The number of hydrogen-bond donors (Lipinski definition) is 5. The van der Waals surface area contributed by atoms with Crippen LogP contribution in [0.4, 0.5) is 30.8 Å². The van der Waals surface area contributed by atoms with Gasteiger partial charge in [-0.3, -0.25) is 29.4 Å². The number of aromatic nitrogens is 7. The van der Waals surface area contributed by atoms with E-state index in [1.165, 1.54) is 18.5 Å². The van der Waals surface area contributed by atoms with Gasteiger partial charge in [-0.15, -0.1) is 0 Å². The second-order valence-corrected chi connectivity index (χ2v) is 20.3. The minimum atomic E-state index is -0.742. The number of imide groups is 1. The number of piperidine rings is 3. The summed E-state index contributed by atoms with van der Waals surface area (Å²) in [5, 5.41) is 24.9. The Morgan fingerprint density at radius 1 is 0.877 bits per heavy atom. The largest absolute Gasteiger partial charge is 0.483 e. The number of anilines is 3. The van der Waals surface area contributed by atoms with Crippen molar-refractivity contribution in [2.75, 3.05) is 81.4 Å². The van der Waals surface area contributed by atoms with Crippen LogP contribution in [0.3, 0.4) is 0 Å². The van der Waals surface area contributed by atoms with Gasteiger partial charge in [-0.2, -0.15) is 5.10 Å². The first-order valence-corrected chi connectivity index (χ1v) is 24.9. The van der Waals surface area contributed by atoms with Gasteiger partial charge in [-0.05, 0) is 95.2 Å². The average molecular weight is 1010 g/mol. The molecule has 5 aliphatic rings. The molecule has 6 N–H and O–H groups in total. The van der Waals surface area contributed by atoms with Gasteiger partial charge in [0.1, 0.15) is 35.3 Å².